The van der Waals surface area contributed by atoms with Gasteiger partial charge in [0.05, 0.1) is 0 Å². The van der Waals surface area contributed by atoms with Crippen LogP contribution in [-0.2, 0) is 4.79 Å². The molecule has 94 valence electrons. The van der Waals surface area contributed by atoms with Crippen LogP contribution < -0.4 is 5.32 Å². The van der Waals surface area contributed by atoms with E-state index < -0.39 is 0 Å². The maximum absolute atomic E-state index is 11.8. The van der Waals surface area contributed by atoms with Crippen molar-refractivity contribution in [3.05, 3.63) is 0 Å². The van der Waals surface area contributed by atoms with Gasteiger partial charge in [-0.3, -0.25) is 4.79 Å². The van der Waals surface area contributed by atoms with Crippen molar-refractivity contribution in [1.29, 1.82) is 0 Å². The Balaban J connectivity index is 2.17. The second-order valence-corrected chi connectivity index (χ2v) is 5.40. The summed E-state index contributed by atoms with van der Waals surface area (Å²) in [7, 11) is 1.92. The summed E-state index contributed by atoms with van der Waals surface area (Å²) < 4.78 is 0. The van der Waals surface area contributed by atoms with Gasteiger partial charge in [-0.2, -0.15) is 0 Å². The molecule has 1 N–H and O–H groups in total. The van der Waals surface area contributed by atoms with Crippen LogP contribution in [0.25, 0.3) is 0 Å². The third-order valence-electron chi connectivity index (χ3n) is 3.29. The Morgan fingerprint density at radius 3 is 2.56 bits per heavy atom. The Morgan fingerprint density at radius 2 is 2.00 bits per heavy atom. The molecule has 1 rings (SSSR count). The standard InChI is InChI=1S/C13H26N2O/c1-11(2)10-15(3)13(16)5-4-12-6-8-14-9-7-12/h11-12,14H,4-10H2,1-3H3. The lowest BCUT2D eigenvalue weighted by Gasteiger charge is -2.24. The maximum Gasteiger partial charge on any atom is 0.222 e. The fraction of sp³-hybridized carbons (Fsp3) is 0.923. The summed E-state index contributed by atoms with van der Waals surface area (Å²) in [4.78, 5) is 13.7. The van der Waals surface area contributed by atoms with Crippen molar-refractivity contribution < 1.29 is 4.79 Å². The van der Waals surface area contributed by atoms with E-state index in [2.05, 4.69) is 19.2 Å². The van der Waals surface area contributed by atoms with Crippen LogP contribution in [0.5, 0.6) is 0 Å². The quantitative estimate of drug-likeness (QED) is 0.776. The van der Waals surface area contributed by atoms with Crippen molar-refractivity contribution in [2.75, 3.05) is 26.7 Å². The Labute approximate surface area is 99.6 Å². The highest BCUT2D eigenvalue weighted by Gasteiger charge is 2.16. The minimum atomic E-state index is 0.312. The van der Waals surface area contributed by atoms with Gasteiger partial charge in [0.15, 0.2) is 0 Å². The van der Waals surface area contributed by atoms with Crippen molar-refractivity contribution in [2.45, 2.75) is 39.5 Å². The molecule has 0 radical (unpaired) electrons. The number of rotatable bonds is 5. The van der Waals surface area contributed by atoms with E-state index in [9.17, 15) is 4.79 Å². The number of hydrogen-bond acceptors (Lipinski definition) is 2. The van der Waals surface area contributed by atoms with Gasteiger partial charge in [-0.1, -0.05) is 13.8 Å². The first-order valence-electron chi connectivity index (χ1n) is 6.54. The van der Waals surface area contributed by atoms with Gasteiger partial charge < -0.3 is 10.2 Å². The number of carbonyl (C=O) groups is 1. The monoisotopic (exact) mass is 226 g/mol. The van der Waals surface area contributed by atoms with E-state index in [0.717, 1.165) is 38.4 Å². The van der Waals surface area contributed by atoms with Gasteiger partial charge in [-0.15, -0.1) is 0 Å². The Kier molecular flexibility index (Phi) is 5.81. The van der Waals surface area contributed by atoms with Gasteiger partial charge >= 0.3 is 0 Å². The first-order chi connectivity index (χ1) is 7.59. The first kappa shape index (κ1) is 13.5. The zero-order valence-electron chi connectivity index (χ0n) is 11.0. The van der Waals surface area contributed by atoms with Gasteiger partial charge in [0.25, 0.3) is 0 Å². The lowest BCUT2D eigenvalue weighted by Crippen LogP contribution is -2.32. The first-order valence-corrected chi connectivity index (χ1v) is 6.54. The van der Waals surface area contributed by atoms with Gasteiger partial charge in [0.1, 0.15) is 0 Å². The molecule has 0 unspecified atom stereocenters. The minimum absolute atomic E-state index is 0.312. The second kappa shape index (κ2) is 6.89. The summed E-state index contributed by atoms with van der Waals surface area (Å²) in [6, 6.07) is 0. The molecule has 0 aliphatic carbocycles. The highest BCUT2D eigenvalue weighted by Crippen LogP contribution is 2.18. The summed E-state index contributed by atoms with van der Waals surface area (Å²) in [5, 5.41) is 3.36. The van der Waals surface area contributed by atoms with E-state index >= 15 is 0 Å². The molecule has 1 saturated heterocycles. The molecule has 0 spiro atoms. The van der Waals surface area contributed by atoms with E-state index in [1.54, 1.807) is 0 Å². The smallest absolute Gasteiger partial charge is 0.222 e. The molecule has 0 aromatic rings. The predicted molar refractivity (Wildman–Crippen MR) is 67.3 cm³/mol. The number of nitrogens with zero attached hydrogens (tertiary/aromatic N) is 1. The zero-order valence-corrected chi connectivity index (χ0v) is 11.0. The molecule has 0 bridgehead atoms. The van der Waals surface area contributed by atoms with Gasteiger partial charge in [-0.05, 0) is 44.2 Å². The molecular formula is C13H26N2O. The normalized spacial score (nSPS) is 17.8. The summed E-state index contributed by atoms with van der Waals surface area (Å²) in [6.45, 7) is 7.43. The van der Waals surface area contributed by atoms with E-state index in [0.29, 0.717) is 11.8 Å². The maximum atomic E-state index is 11.8. The molecule has 0 aromatic heterocycles. The molecule has 0 atom stereocenters. The molecule has 1 fully saturated rings. The molecule has 1 heterocycles. The van der Waals surface area contributed by atoms with Crippen molar-refractivity contribution in [3.8, 4) is 0 Å². The van der Waals surface area contributed by atoms with E-state index in [1.165, 1.54) is 12.8 Å². The van der Waals surface area contributed by atoms with E-state index in [1.807, 2.05) is 11.9 Å². The average molecular weight is 226 g/mol. The number of amides is 1. The summed E-state index contributed by atoms with van der Waals surface area (Å²) >= 11 is 0. The highest BCUT2D eigenvalue weighted by atomic mass is 16.2. The van der Waals surface area contributed by atoms with Crippen LogP contribution in [0.2, 0.25) is 0 Å². The number of hydrogen-bond donors (Lipinski definition) is 1. The number of piperidine rings is 1. The third kappa shape index (κ3) is 4.97. The molecular weight excluding hydrogens is 200 g/mol. The Morgan fingerprint density at radius 1 is 1.38 bits per heavy atom. The molecule has 1 amide bonds. The van der Waals surface area contributed by atoms with Crippen LogP contribution in [0, 0.1) is 11.8 Å². The average Bonchev–Trinajstić information content (AvgIpc) is 2.26. The molecule has 16 heavy (non-hydrogen) atoms. The Hall–Kier alpha value is -0.570. The van der Waals surface area contributed by atoms with Crippen molar-refractivity contribution >= 4 is 5.91 Å². The van der Waals surface area contributed by atoms with Crippen molar-refractivity contribution in [1.82, 2.24) is 10.2 Å². The zero-order chi connectivity index (χ0) is 12.0. The molecule has 1 aliphatic heterocycles. The van der Waals surface area contributed by atoms with Crippen LogP contribution in [0.4, 0.5) is 0 Å². The van der Waals surface area contributed by atoms with E-state index in [4.69, 9.17) is 0 Å². The topological polar surface area (TPSA) is 32.3 Å². The largest absolute Gasteiger partial charge is 0.346 e. The Bertz CT molecular complexity index is 210. The lowest BCUT2D eigenvalue weighted by molar-refractivity contribution is -0.130. The van der Waals surface area contributed by atoms with Crippen LogP contribution in [0.15, 0.2) is 0 Å². The number of nitrogens with one attached hydrogen (secondary N) is 1. The van der Waals surface area contributed by atoms with E-state index in [-0.39, 0.29) is 0 Å². The summed E-state index contributed by atoms with van der Waals surface area (Å²) in [5.41, 5.74) is 0. The fourth-order valence-electron chi connectivity index (χ4n) is 2.34. The molecule has 1 aliphatic rings. The van der Waals surface area contributed by atoms with Gasteiger partial charge in [-0.25, -0.2) is 0 Å². The lowest BCUT2D eigenvalue weighted by atomic mass is 9.93. The predicted octanol–water partition coefficient (Wildman–Crippen LogP) is 1.88. The molecule has 0 aromatic carbocycles. The summed E-state index contributed by atoms with van der Waals surface area (Å²) in [6.07, 6.45) is 4.28. The van der Waals surface area contributed by atoms with Gasteiger partial charge in [0.2, 0.25) is 5.91 Å². The highest BCUT2D eigenvalue weighted by molar-refractivity contribution is 5.75. The van der Waals surface area contributed by atoms with Crippen LogP contribution in [0.3, 0.4) is 0 Å². The third-order valence-corrected chi connectivity index (χ3v) is 3.29. The molecule has 3 heteroatoms. The van der Waals surface area contributed by atoms with Gasteiger partial charge in [0, 0.05) is 20.0 Å². The number of carbonyl (C=O) groups excluding carboxylic acids is 1. The van der Waals surface area contributed by atoms with Crippen LogP contribution >= 0.6 is 0 Å². The second-order valence-electron chi connectivity index (χ2n) is 5.40. The molecule has 3 nitrogen and oxygen atoms in total. The summed E-state index contributed by atoms with van der Waals surface area (Å²) in [5.74, 6) is 1.64. The van der Waals surface area contributed by atoms with Crippen LogP contribution in [0.1, 0.15) is 39.5 Å². The van der Waals surface area contributed by atoms with Crippen molar-refractivity contribution in [3.63, 3.8) is 0 Å². The fourth-order valence-corrected chi connectivity index (χ4v) is 2.34. The molecule has 0 saturated carbocycles. The minimum Gasteiger partial charge on any atom is -0.346 e. The van der Waals surface area contributed by atoms with Crippen LogP contribution in [-0.4, -0.2) is 37.5 Å². The SMILES string of the molecule is CC(C)CN(C)C(=O)CCC1CCNCC1. The van der Waals surface area contributed by atoms with Crippen molar-refractivity contribution in [2.24, 2.45) is 11.8 Å².